The molecule has 2 rings (SSSR count). The molecule has 1 heterocycles. The molecule has 2 N–H and O–H groups in total. The number of benzene rings is 1. The Morgan fingerprint density at radius 3 is 2.64 bits per heavy atom. The van der Waals surface area contributed by atoms with Gasteiger partial charge in [0.15, 0.2) is 5.01 Å². The number of nitrogen functional groups attached to an aromatic ring is 1. The molecule has 0 unspecified atom stereocenters. The smallest absolute Gasteiger partial charge is 0.203 e. The second-order valence-corrected chi connectivity index (χ2v) is 3.58. The van der Waals surface area contributed by atoms with Crippen LogP contribution in [-0.2, 0) is 0 Å². The molecule has 2 aromatic rings. The van der Waals surface area contributed by atoms with Crippen molar-refractivity contribution in [3.63, 3.8) is 0 Å². The Kier molecular flexibility index (Phi) is 2.12. The van der Waals surface area contributed by atoms with Gasteiger partial charge in [-0.05, 0) is 18.2 Å². The van der Waals surface area contributed by atoms with E-state index >= 15 is 0 Å². The molecule has 0 bridgehead atoms. The van der Waals surface area contributed by atoms with Gasteiger partial charge in [-0.1, -0.05) is 11.3 Å². The molecular weight excluding hydrogens is 208 g/mol. The van der Waals surface area contributed by atoms with E-state index in [1.807, 2.05) is 0 Å². The lowest BCUT2D eigenvalue weighted by Gasteiger charge is -1.97. The van der Waals surface area contributed by atoms with Gasteiger partial charge in [0.25, 0.3) is 0 Å². The van der Waals surface area contributed by atoms with Crippen molar-refractivity contribution in [1.29, 1.82) is 0 Å². The van der Waals surface area contributed by atoms with Crippen molar-refractivity contribution < 1.29 is 8.78 Å². The van der Waals surface area contributed by atoms with E-state index in [9.17, 15) is 8.78 Å². The Balaban J connectivity index is 2.55. The van der Waals surface area contributed by atoms with Crippen LogP contribution in [0.4, 0.5) is 13.9 Å². The minimum atomic E-state index is -0.539. The highest BCUT2D eigenvalue weighted by Crippen LogP contribution is 2.27. The van der Waals surface area contributed by atoms with Crippen LogP contribution in [-0.4, -0.2) is 10.2 Å². The van der Waals surface area contributed by atoms with Crippen LogP contribution >= 0.6 is 11.3 Å². The van der Waals surface area contributed by atoms with Crippen LogP contribution in [0.3, 0.4) is 0 Å². The Bertz CT molecular complexity index is 469. The molecule has 0 saturated heterocycles. The molecule has 3 nitrogen and oxygen atoms in total. The molecule has 6 heteroatoms. The Morgan fingerprint density at radius 1 is 1.21 bits per heavy atom. The monoisotopic (exact) mass is 213 g/mol. The van der Waals surface area contributed by atoms with Gasteiger partial charge >= 0.3 is 0 Å². The summed E-state index contributed by atoms with van der Waals surface area (Å²) in [6, 6.07) is 3.15. The number of halogens is 2. The van der Waals surface area contributed by atoms with Crippen molar-refractivity contribution in [2.24, 2.45) is 0 Å². The summed E-state index contributed by atoms with van der Waals surface area (Å²) in [5, 5.41) is 7.65. The summed E-state index contributed by atoms with van der Waals surface area (Å²) in [6.45, 7) is 0. The molecule has 72 valence electrons. The molecular formula is C8H5F2N3S. The summed E-state index contributed by atoms with van der Waals surface area (Å²) in [5.74, 6) is -1.06. The minimum Gasteiger partial charge on any atom is -0.374 e. The highest BCUT2D eigenvalue weighted by atomic mass is 32.1. The first-order valence-electron chi connectivity index (χ1n) is 3.71. The molecule has 14 heavy (non-hydrogen) atoms. The van der Waals surface area contributed by atoms with Crippen molar-refractivity contribution in [1.82, 2.24) is 10.2 Å². The predicted octanol–water partition coefficient (Wildman–Crippen LogP) is 2.07. The maximum atomic E-state index is 13.2. The van der Waals surface area contributed by atoms with Crippen LogP contribution in [0.5, 0.6) is 0 Å². The average Bonchev–Trinajstić information content (AvgIpc) is 2.56. The topological polar surface area (TPSA) is 51.8 Å². The van der Waals surface area contributed by atoms with E-state index in [-0.39, 0.29) is 15.7 Å². The van der Waals surface area contributed by atoms with Crippen LogP contribution < -0.4 is 5.73 Å². The standard InChI is InChI=1S/C8H5F2N3S/c9-4-1-2-6(10)5(3-4)7-12-13-8(11)14-7/h1-3H,(H2,11,13). The molecule has 0 spiro atoms. The first kappa shape index (κ1) is 9.01. The molecule has 1 aromatic carbocycles. The normalized spacial score (nSPS) is 10.4. The summed E-state index contributed by atoms with van der Waals surface area (Å²) in [6.07, 6.45) is 0. The lowest BCUT2D eigenvalue weighted by Crippen LogP contribution is -1.85. The average molecular weight is 213 g/mol. The van der Waals surface area contributed by atoms with Crippen molar-refractivity contribution in [2.45, 2.75) is 0 Å². The van der Waals surface area contributed by atoms with Crippen molar-refractivity contribution >= 4 is 16.5 Å². The zero-order chi connectivity index (χ0) is 10.1. The zero-order valence-electron chi connectivity index (χ0n) is 6.87. The summed E-state index contributed by atoms with van der Waals surface area (Å²) in [7, 11) is 0. The fourth-order valence-corrected chi connectivity index (χ4v) is 1.63. The summed E-state index contributed by atoms with van der Waals surface area (Å²) < 4.78 is 26.0. The zero-order valence-corrected chi connectivity index (χ0v) is 7.68. The third-order valence-corrected chi connectivity index (χ3v) is 2.39. The van der Waals surface area contributed by atoms with Gasteiger partial charge in [0.1, 0.15) is 11.6 Å². The second-order valence-electron chi connectivity index (χ2n) is 2.57. The summed E-state index contributed by atoms with van der Waals surface area (Å²) in [5.41, 5.74) is 5.42. The van der Waals surface area contributed by atoms with Gasteiger partial charge in [0, 0.05) is 0 Å². The fraction of sp³-hybridized carbons (Fsp3) is 0. The number of nitrogens with two attached hydrogens (primary N) is 1. The summed E-state index contributed by atoms with van der Waals surface area (Å²) in [4.78, 5) is 0. The lowest BCUT2D eigenvalue weighted by atomic mass is 10.2. The van der Waals surface area contributed by atoms with E-state index in [0.29, 0.717) is 0 Å². The highest BCUT2D eigenvalue weighted by Gasteiger charge is 2.10. The quantitative estimate of drug-likeness (QED) is 0.788. The molecule has 0 saturated carbocycles. The number of rotatable bonds is 1. The van der Waals surface area contributed by atoms with Gasteiger partial charge < -0.3 is 5.73 Å². The number of aromatic nitrogens is 2. The maximum Gasteiger partial charge on any atom is 0.203 e. The second kappa shape index (κ2) is 3.30. The molecule has 1 aromatic heterocycles. The Morgan fingerprint density at radius 2 is 2.00 bits per heavy atom. The molecule has 0 aliphatic rings. The van der Waals surface area contributed by atoms with Gasteiger partial charge in [-0.3, -0.25) is 0 Å². The lowest BCUT2D eigenvalue weighted by molar-refractivity contribution is 0.603. The van der Waals surface area contributed by atoms with Crippen LogP contribution in [0.15, 0.2) is 18.2 Å². The first-order valence-corrected chi connectivity index (χ1v) is 4.53. The van der Waals surface area contributed by atoms with Crippen LogP contribution in [0, 0.1) is 11.6 Å². The highest BCUT2D eigenvalue weighted by molar-refractivity contribution is 7.18. The van der Waals surface area contributed by atoms with Crippen molar-refractivity contribution in [3.05, 3.63) is 29.8 Å². The Hall–Kier alpha value is -1.56. The first-order chi connectivity index (χ1) is 6.66. The van der Waals surface area contributed by atoms with Crippen LogP contribution in [0.1, 0.15) is 0 Å². The SMILES string of the molecule is Nc1nnc(-c2cc(F)ccc2F)s1. The van der Waals surface area contributed by atoms with Gasteiger partial charge in [-0.15, -0.1) is 10.2 Å². The maximum absolute atomic E-state index is 13.2. The largest absolute Gasteiger partial charge is 0.374 e. The van der Waals surface area contributed by atoms with Gasteiger partial charge in [-0.2, -0.15) is 0 Å². The minimum absolute atomic E-state index is 0.0826. The fourth-order valence-electron chi connectivity index (χ4n) is 1.00. The molecule has 0 radical (unpaired) electrons. The summed E-state index contributed by atoms with van der Waals surface area (Å²) >= 11 is 1.01. The predicted molar refractivity (Wildman–Crippen MR) is 49.7 cm³/mol. The molecule has 0 amide bonds. The number of hydrogen-bond acceptors (Lipinski definition) is 4. The molecule has 0 aliphatic heterocycles. The number of hydrogen-bond donors (Lipinski definition) is 1. The van der Waals surface area contributed by atoms with Crippen LogP contribution in [0.25, 0.3) is 10.6 Å². The van der Waals surface area contributed by atoms with Crippen molar-refractivity contribution in [3.8, 4) is 10.6 Å². The van der Waals surface area contributed by atoms with E-state index < -0.39 is 11.6 Å². The molecule has 0 aliphatic carbocycles. The van der Waals surface area contributed by atoms with Gasteiger partial charge in [-0.25, -0.2) is 8.78 Å². The van der Waals surface area contributed by atoms with E-state index in [4.69, 9.17) is 5.73 Å². The molecule has 0 fully saturated rings. The number of nitrogens with zero attached hydrogens (tertiary/aromatic N) is 2. The number of anilines is 1. The van der Waals surface area contributed by atoms with E-state index in [1.165, 1.54) is 0 Å². The molecule has 0 atom stereocenters. The van der Waals surface area contributed by atoms with Gasteiger partial charge in [0.2, 0.25) is 5.13 Å². The van der Waals surface area contributed by atoms with E-state index in [2.05, 4.69) is 10.2 Å². The third kappa shape index (κ3) is 1.56. The van der Waals surface area contributed by atoms with E-state index in [0.717, 1.165) is 29.5 Å². The van der Waals surface area contributed by atoms with Gasteiger partial charge in [0.05, 0.1) is 5.56 Å². The third-order valence-electron chi connectivity index (χ3n) is 1.60. The van der Waals surface area contributed by atoms with Crippen LogP contribution in [0.2, 0.25) is 0 Å². The van der Waals surface area contributed by atoms with E-state index in [1.54, 1.807) is 0 Å². The Labute approximate surface area is 82.2 Å². The van der Waals surface area contributed by atoms with Crippen molar-refractivity contribution in [2.75, 3.05) is 5.73 Å².